The minimum Gasteiger partial charge on any atom is -0.463 e. The van der Waals surface area contributed by atoms with Gasteiger partial charge < -0.3 is 43.7 Å². The maximum absolute atomic E-state index is 12.2. The van der Waals surface area contributed by atoms with Gasteiger partial charge in [0.25, 0.3) is 0 Å². The highest BCUT2D eigenvalue weighted by molar-refractivity contribution is 5.69. The van der Waals surface area contributed by atoms with Crippen molar-refractivity contribution in [2.24, 2.45) is 0 Å². The van der Waals surface area contributed by atoms with E-state index >= 15 is 0 Å². The molecular formula is C32H60O10. The molecule has 0 aliphatic carbocycles. The van der Waals surface area contributed by atoms with Gasteiger partial charge in [-0.15, -0.1) is 0 Å². The Kier molecular flexibility index (Phi) is 25.4. The second-order valence-corrected chi connectivity index (χ2v) is 10.8. The van der Waals surface area contributed by atoms with Crippen molar-refractivity contribution >= 4 is 5.97 Å². The highest BCUT2D eigenvalue weighted by atomic mass is 16.7. The first-order chi connectivity index (χ1) is 20.5. The van der Waals surface area contributed by atoms with E-state index in [1.165, 1.54) is 51.4 Å². The Hall–Kier alpha value is -1.11. The van der Waals surface area contributed by atoms with Crippen LogP contribution in [0.5, 0.6) is 0 Å². The highest BCUT2D eigenvalue weighted by Crippen LogP contribution is 2.22. The van der Waals surface area contributed by atoms with Gasteiger partial charge in [-0.3, -0.25) is 4.79 Å². The maximum atomic E-state index is 12.2. The molecule has 0 saturated carbocycles. The maximum Gasteiger partial charge on any atom is 0.305 e. The van der Waals surface area contributed by atoms with Crippen LogP contribution in [0.15, 0.2) is 12.2 Å². The van der Waals surface area contributed by atoms with Gasteiger partial charge in [0.2, 0.25) is 0 Å². The Balaban J connectivity index is 2.08. The summed E-state index contributed by atoms with van der Waals surface area (Å²) in [7, 11) is 0. The third-order valence-corrected chi connectivity index (χ3v) is 7.18. The molecule has 3 N–H and O–H groups in total. The number of hydrogen-bond acceptors (Lipinski definition) is 10. The van der Waals surface area contributed by atoms with Crippen molar-refractivity contribution in [2.45, 2.75) is 134 Å². The van der Waals surface area contributed by atoms with Gasteiger partial charge in [0.05, 0.1) is 39.6 Å². The zero-order valence-electron chi connectivity index (χ0n) is 26.3. The normalized spacial score (nSPS) is 22.6. The van der Waals surface area contributed by atoms with E-state index in [4.69, 9.17) is 28.4 Å². The quantitative estimate of drug-likeness (QED) is 0.0668. The van der Waals surface area contributed by atoms with Crippen LogP contribution < -0.4 is 0 Å². The molecule has 1 saturated heterocycles. The molecule has 0 aromatic rings. The van der Waals surface area contributed by atoms with E-state index in [0.717, 1.165) is 32.1 Å². The fourth-order valence-electron chi connectivity index (χ4n) is 4.59. The first-order valence-electron chi connectivity index (χ1n) is 16.4. The lowest BCUT2D eigenvalue weighted by molar-refractivity contribution is -0.303. The summed E-state index contributed by atoms with van der Waals surface area (Å²) < 4.78 is 32.3. The zero-order valence-corrected chi connectivity index (χ0v) is 26.3. The summed E-state index contributed by atoms with van der Waals surface area (Å²) in [5.74, 6) is -0.376. The lowest BCUT2D eigenvalue weighted by Gasteiger charge is -2.39. The first-order valence-corrected chi connectivity index (χ1v) is 16.4. The van der Waals surface area contributed by atoms with Crippen LogP contribution in [0.3, 0.4) is 0 Å². The van der Waals surface area contributed by atoms with Crippen molar-refractivity contribution in [2.75, 3.05) is 52.9 Å². The van der Waals surface area contributed by atoms with E-state index in [-0.39, 0.29) is 25.8 Å². The summed E-state index contributed by atoms with van der Waals surface area (Å²) in [5, 5.41) is 30.7. The predicted molar refractivity (Wildman–Crippen MR) is 161 cm³/mol. The van der Waals surface area contributed by atoms with Crippen molar-refractivity contribution in [3.63, 3.8) is 0 Å². The van der Waals surface area contributed by atoms with Crippen LogP contribution in [0.25, 0.3) is 0 Å². The fraction of sp³-hybridized carbons (Fsp3) is 0.906. The minimum atomic E-state index is -1.49. The number of carbonyl (C=O) groups is 1. The molecule has 1 fully saturated rings. The summed E-state index contributed by atoms with van der Waals surface area (Å²) in [6.07, 6.45) is 13.8. The van der Waals surface area contributed by atoms with Crippen LogP contribution in [0, 0.1) is 0 Å². The fourth-order valence-corrected chi connectivity index (χ4v) is 4.59. The van der Waals surface area contributed by atoms with Crippen LogP contribution in [-0.4, -0.2) is 105 Å². The van der Waals surface area contributed by atoms with Gasteiger partial charge in [0.15, 0.2) is 6.29 Å². The lowest BCUT2D eigenvalue weighted by atomic mass is 9.99. The molecule has 42 heavy (non-hydrogen) atoms. The number of hydrogen-bond donors (Lipinski definition) is 3. The topological polar surface area (TPSA) is 133 Å². The molecule has 1 rings (SSSR count). The first kappa shape index (κ1) is 38.9. The monoisotopic (exact) mass is 604 g/mol. The molecule has 0 aromatic carbocycles. The number of rotatable bonds is 28. The average Bonchev–Trinajstić information content (AvgIpc) is 2.99. The summed E-state index contributed by atoms with van der Waals surface area (Å²) >= 11 is 0. The molecule has 0 spiro atoms. The third-order valence-electron chi connectivity index (χ3n) is 7.18. The molecule has 0 radical (unpaired) electrons. The van der Waals surface area contributed by atoms with Gasteiger partial charge in [-0.1, -0.05) is 70.4 Å². The summed E-state index contributed by atoms with van der Waals surface area (Å²) in [6, 6.07) is 0. The number of ether oxygens (including phenoxy) is 6. The Morgan fingerprint density at radius 3 is 1.83 bits per heavy atom. The van der Waals surface area contributed by atoms with Crippen molar-refractivity contribution in [3.8, 4) is 0 Å². The SMILES string of the molecule is CCCCCCCC/C=C\CCCCCCCC(=O)OC[C@H]1O[C@@H](OCCOCCOCCOCC)[C@H](O)[C@@H](O)[C@@H]1O. The molecular weight excluding hydrogens is 544 g/mol. The van der Waals surface area contributed by atoms with Crippen LogP contribution in [-0.2, 0) is 33.2 Å². The van der Waals surface area contributed by atoms with E-state index in [2.05, 4.69) is 19.1 Å². The standard InChI is InChI=1S/C32H60O10/c1-3-5-6-7-8-9-10-11-12-13-14-15-16-17-18-19-28(33)41-26-27-29(34)30(35)31(36)32(42-27)40-25-24-39-23-22-38-21-20-37-4-2/h11-12,27,29-32,34-36H,3-10,13-26H2,1-2H3/b12-11-/t27-,29-,30+,31-,32-/m1/s1. The number of aliphatic hydroxyl groups is 3. The van der Waals surface area contributed by atoms with Gasteiger partial charge >= 0.3 is 5.97 Å². The summed E-state index contributed by atoms with van der Waals surface area (Å²) in [5.41, 5.74) is 0. The van der Waals surface area contributed by atoms with Crippen molar-refractivity contribution in [3.05, 3.63) is 12.2 Å². The van der Waals surface area contributed by atoms with E-state index in [0.29, 0.717) is 39.5 Å². The van der Waals surface area contributed by atoms with Crippen molar-refractivity contribution in [1.29, 1.82) is 0 Å². The molecule has 10 nitrogen and oxygen atoms in total. The highest BCUT2D eigenvalue weighted by Gasteiger charge is 2.44. The number of aliphatic hydroxyl groups excluding tert-OH is 3. The molecule has 248 valence electrons. The van der Waals surface area contributed by atoms with Crippen molar-refractivity contribution in [1.82, 2.24) is 0 Å². The van der Waals surface area contributed by atoms with Gasteiger partial charge in [-0.25, -0.2) is 0 Å². The van der Waals surface area contributed by atoms with Gasteiger partial charge in [0, 0.05) is 13.0 Å². The van der Waals surface area contributed by atoms with Gasteiger partial charge in [-0.05, 0) is 39.0 Å². The summed E-state index contributed by atoms with van der Waals surface area (Å²) in [4.78, 5) is 12.2. The molecule has 1 aliphatic rings. The molecule has 1 aliphatic heterocycles. The van der Waals surface area contributed by atoms with Crippen LogP contribution in [0.2, 0.25) is 0 Å². The Morgan fingerprint density at radius 1 is 0.667 bits per heavy atom. The number of unbranched alkanes of at least 4 members (excludes halogenated alkanes) is 11. The van der Waals surface area contributed by atoms with E-state index in [1.807, 2.05) is 6.92 Å². The Bertz CT molecular complexity index is 647. The van der Waals surface area contributed by atoms with Gasteiger partial charge in [0.1, 0.15) is 31.0 Å². The molecule has 1 heterocycles. The second-order valence-electron chi connectivity index (χ2n) is 10.8. The second kappa shape index (κ2) is 27.4. The van der Waals surface area contributed by atoms with Crippen LogP contribution in [0.1, 0.15) is 104 Å². The van der Waals surface area contributed by atoms with E-state index in [9.17, 15) is 20.1 Å². The Morgan fingerprint density at radius 2 is 1.21 bits per heavy atom. The molecule has 0 unspecified atom stereocenters. The third kappa shape index (κ3) is 20.0. The lowest BCUT2D eigenvalue weighted by Crippen LogP contribution is -2.59. The number of esters is 1. The van der Waals surface area contributed by atoms with Crippen LogP contribution >= 0.6 is 0 Å². The van der Waals surface area contributed by atoms with E-state index < -0.39 is 30.7 Å². The number of allylic oxidation sites excluding steroid dienone is 2. The molecule has 10 heteroatoms. The molecule has 0 bridgehead atoms. The smallest absolute Gasteiger partial charge is 0.305 e. The molecule has 0 aromatic heterocycles. The zero-order chi connectivity index (χ0) is 30.7. The molecule has 0 amide bonds. The number of carbonyl (C=O) groups excluding carboxylic acids is 1. The minimum absolute atomic E-state index is 0.103. The van der Waals surface area contributed by atoms with E-state index in [1.54, 1.807) is 0 Å². The van der Waals surface area contributed by atoms with Gasteiger partial charge in [-0.2, -0.15) is 0 Å². The largest absolute Gasteiger partial charge is 0.463 e. The van der Waals surface area contributed by atoms with Crippen LogP contribution in [0.4, 0.5) is 0 Å². The average molecular weight is 605 g/mol. The summed E-state index contributed by atoms with van der Waals surface area (Å²) in [6.45, 7) is 6.76. The molecule has 5 atom stereocenters. The predicted octanol–water partition coefficient (Wildman–Crippen LogP) is 4.46. The Labute approximate surface area is 254 Å². The van der Waals surface area contributed by atoms with Crippen molar-refractivity contribution < 1.29 is 48.5 Å².